The highest BCUT2D eigenvalue weighted by Gasteiger charge is 2.37. The first-order chi connectivity index (χ1) is 13.3. The molecule has 3 rings (SSSR count). The van der Waals surface area contributed by atoms with E-state index in [1.807, 2.05) is 18.2 Å². The number of rotatable bonds is 7. The van der Waals surface area contributed by atoms with Crippen LogP contribution in [-0.4, -0.2) is 51.4 Å². The number of aliphatic hydroxyl groups excluding tert-OH is 2. The Bertz CT molecular complexity index is 832. The quantitative estimate of drug-likeness (QED) is 0.576. The molecule has 0 radical (unpaired) electrons. The van der Waals surface area contributed by atoms with Crippen LogP contribution in [0, 0.1) is 0 Å². The Labute approximate surface area is 176 Å². The van der Waals surface area contributed by atoms with Crippen molar-refractivity contribution in [1.29, 1.82) is 0 Å². The molecule has 0 amide bonds. The van der Waals surface area contributed by atoms with Gasteiger partial charge in [-0.1, -0.05) is 39.7 Å². The number of hydrogen-bond acceptors (Lipinski definition) is 5. The summed E-state index contributed by atoms with van der Waals surface area (Å²) in [6, 6.07) is 11.8. The molecule has 0 saturated carbocycles. The summed E-state index contributed by atoms with van der Waals surface area (Å²) < 4.78 is 6.67. The number of likely N-dealkylation sites (tertiary alicyclic amines) is 1. The van der Waals surface area contributed by atoms with Crippen LogP contribution in [0.4, 0.5) is 0 Å². The number of ether oxygens (including phenoxy) is 1. The summed E-state index contributed by atoms with van der Waals surface area (Å²) in [4.78, 5) is 13.0. The fraction of sp³-hybridized carbons (Fsp3) is 0.350. The Morgan fingerprint density at radius 1 is 1.29 bits per heavy atom. The van der Waals surface area contributed by atoms with Gasteiger partial charge in [-0.2, -0.15) is 0 Å². The summed E-state index contributed by atoms with van der Waals surface area (Å²) >= 11 is 9.29. The average molecular weight is 471 g/mol. The third-order valence-electron chi connectivity index (χ3n) is 4.71. The molecule has 1 aliphatic heterocycles. The van der Waals surface area contributed by atoms with Crippen LogP contribution in [0.15, 0.2) is 46.9 Å². The monoisotopic (exact) mass is 469 g/mol. The van der Waals surface area contributed by atoms with Gasteiger partial charge < -0.3 is 20.1 Å². The molecule has 3 atom stereocenters. The molecule has 3 unspecified atom stereocenters. The van der Waals surface area contributed by atoms with Crippen LogP contribution >= 0.6 is 27.5 Å². The zero-order valence-corrected chi connectivity index (χ0v) is 17.3. The Morgan fingerprint density at radius 3 is 2.68 bits per heavy atom. The van der Waals surface area contributed by atoms with Crippen LogP contribution in [0.5, 0.6) is 5.75 Å². The summed E-state index contributed by atoms with van der Waals surface area (Å²) in [7, 11) is 0. The van der Waals surface area contributed by atoms with Crippen molar-refractivity contribution in [3.8, 4) is 5.75 Å². The molecule has 3 N–H and O–H groups in total. The van der Waals surface area contributed by atoms with Crippen molar-refractivity contribution in [1.82, 2.24) is 4.90 Å². The number of aliphatic carboxylic acids is 1. The van der Waals surface area contributed by atoms with Gasteiger partial charge in [-0.25, -0.2) is 0 Å². The van der Waals surface area contributed by atoms with Crippen molar-refractivity contribution >= 4 is 33.5 Å². The van der Waals surface area contributed by atoms with E-state index in [1.165, 1.54) is 0 Å². The molecule has 0 aromatic heterocycles. The number of nitrogens with zero attached hydrogens (tertiary/aromatic N) is 1. The number of halogens is 2. The second-order valence-electron chi connectivity index (χ2n) is 6.81. The van der Waals surface area contributed by atoms with Crippen LogP contribution in [-0.2, 0) is 11.4 Å². The summed E-state index contributed by atoms with van der Waals surface area (Å²) in [5.41, 5.74) is 1.48. The summed E-state index contributed by atoms with van der Waals surface area (Å²) in [6.07, 6.45) is -1.53. The molecule has 0 spiro atoms. The first-order valence-corrected chi connectivity index (χ1v) is 10.00. The highest BCUT2D eigenvalue weighted by molar-refractivity contribution is 9.10. The lowest BCUT2D eigenvalue weighted by Gasteiger charge is -2.25. The Hall–Kier alpha value is -1.64. The molecule has 8 heteroatoms. The first-order valence-electron chi connectivity index (χ1n) is 8.83. The van der Waals surface area contributed by atoms with Gasteiger partial charge in [0.1, 0.15) is 18.4 Å². The second-order valence-corrected chi connectivity index (χ2v) is 8.16. The van der Waals surface area contributed by atoms with Crippen molar-refractivity contribution in [3.05, 3.63) is 63.1 Å². The highest BCUT2D eigenvalue weighted by atomic mass is 79.9. The van der Waals surface area contributed by atoms with Gasteiger partial charge in [0.15, 0.2) is 0 Å². The lowest BCUT2D eigenvalue weighted by atomic mass is 10.1. The standard InChI is InChI=1S/C20H21BrClNO5/c21-13-3-6-19(28-11-12-1-4-14(22)5-2-12)16(7-13)18(25)10-23-9-15(24)8-17(23)20(26)27/h1-7,15,17-18,24-25H,8-11H2,(H,26,27). The largest absolute Gasteiger partial charge is 0.489 e. The Kier molecular flexibility index (Phi) is 6.95. The van der Waals surface area contributed by atoms with Crippen molar-refractivity contribution in [2.45, 2.75) is 31.3 Å². The van der Waals surface area contributed by atoms with Crippen LogP contribution in [0.3, 0.4) is 0 Å². The van der Waals surface area contributed by atoms with Crippen LogP contribution in [0.1, 0.15) is 23.7 Å². The highest BCUT2D eigenvalue weighted by Crippen LogP contribution is 2.31. The minimum absolute atomic E-state index is 0.0851. The molecular formula is C20H21BrClNO5. The third-order valence-corrected chi connectivity index (χ3v) is 5.46. The zero-order chi connectivity index (χ0) is 20.3. The topological polar surface area (TPSA) is 90.2 Å². The van der Waals surface area contributed by atoms with Gasteiger partial charge in [0.2, 0.25) is 0 Å². The van der Waals surface area contributed by atoms with Gasteiger partial charge in [0, 0.05) is 34.6 Å². The lowest BCUT2D eigenvalue weighted by Crippen LogP contribution is -2.38. The number of carboxylic acids is 1. The van der Waals surface area contributed by atoms with E-state index in [2.05, 4.69) is 15.9 Å². The predicted molar refractivity (Wildman–Crippen MR) is 109 cm³/mol. The molecule has 1 fully saturated rings. The van der Waals surface area contributed by atoms with E-state index in [4.69, 9.17) is 16.3 Å². The van der Waals surface area contributed by atoms with E-state index in [-0.39, 0.29) is 19.5 Å². The molecule has 2 aromatic rings. The number of aliphatic hydroxyl groups is 2. The maximum atomic E-state index is 11.4. The van der Waals surface area contributed by atoms with Gasteiger partial charge >= 0.3 is 5.97 Å². The number of β-amino-alcohol motifs (C(OH)–C–C–N with tert-alkyl or cyclic N) is 2. The normalized spacial score (nSPS) is 20.9. The van der Waals surface area contributed by atoms with Crippen molar-refractivity contribution in [2.75, 3.05) is 13.1 Å². The second kappa shape index (κ2) is 9.24. The smallest absolute Gasteiger partial charge is 0.321 e. The Morgan fingerprint density at radius 2 is 2.00 bits per heavy atom. The summed E-state index contributed by atoms with van der Waals surface area (Å²) in [6.45, 7) is 0.601. The van der Waals surface area contributed by atoms with Gasteiger partial charge in [-0.3, -0.25) is 9.69 Å². The number of hydrogen-bond donors (Lipinski definition) is 3. The molecule has 150 valence electrons. The Balaban J connectivity index is 1.74. The van der Waals surface area contributed by atoms with Crippen molar-refractivity contribution < 1.29 is 24.9 Å². The SMILES string of the molecule is O=C(O)C1CC(O)CN1CC(O)c1cc(Br)ccc1OCc1ccc(Cl)cc1. The van der Waals surface area contributed by atoms with Crippen LogP contribution in [0.25, 0.3) is 0 Å². The molecule has 6 nitrogen and oxygen atoms in total. The van der Waals surface area contributed by atoms with Gasteiger partial charge in [-0.05, 0) is 35.9 Å². The van der Waals surface area contributed by atoms with Crippen LogP contribution < -0.4 is 4.74 Å². The van der Waals surface area contributed by atoms with Crippen molar-refractivity contribution in [3.63, 3.8) is 0 Å². The number of carbonyl (C=O) groups is 1. The molecule has 0 bridgehead atoms. The number of carboxylic acid groups (broad SMARTS) is 1. The lowest BCUT2D eigenvalue weighted by molar-refractivity contribution is -0.142. The molecular weight excluding hydrogens is 450 g/mol. The van der Waals surface area contributed by atoms with E-state index in [0.29, 0.717) is 22.9 Å². The fourth-order valence-corrected chi connectivity index (χ4v) is 3.82. The van der Waals surface area contributed by atoms with E-state index < -0.39 is 24.2 Å². The molecule has 28 heavy (non-hydrogen) atoms. The fourth-order valence-electron chi connectivity index (χ4n) is 3.31. The molecule has 1 aliphatic rings. The molecule has 1 heterocycles. The van der Waals surface area contributed by atoms with Gasteiger partial charge in [-0.15, -0.1) is 0 Å². The van der Waals surface area contributed by atoms with Crippen molar-refractivity contribution in [2.24, 2.45) is 0 Å². The van der Waals surface area contributed by atoms with E-state index in [0.717, 1.165) is 10.0 Å². The van der Waals surface area contributed by atoms with E-state index in [1.54, 1.807) is 29.2 Å². The van der Waals surface area contributed by atoms with E-state index in [9.17, 15) is 20.1 Å². The zero-order valence-electron chi connectivity index (χ0n) is 15.0. The minimum atomic E-state index is -1.00. The van der Waals surface area contributed by atoms with Gasteiger partial charge in [0.25, 0.3) is 0 Å². The van der Waals surface area contributed by atoms with Crippen LogP contribution in [0.2, 0.25) is 5.02 Å². The summed E-state index contributed by atoms with van der Waals surface area (Å²) in [5.74, 6) is -0.491. The average Bonchev–Trinajstić information content (AvgIpc) is 3.02. The van der Waals surface area contributed by atoms with Gasteiger partial charge in [0.05, 0.1) is 12.2 Å². The predicted octanol–water partition coefficient (Wildman–Crippen LogP) is 3.23. The number of benzene rings is 2. The molecule has 0 aliphatic carbocycles. The molecule has 1 saturated heterocycles. The van der Waals surface area contributed by atoms with E-state index >= 15 is 0 Å². The minimum Gasteiger partial charge on any atom is -0.489 e. The molecule has 2 aromatic carbocycles. The maximum Gasteiger partial charge on any atom is 0.321 e. The summed E-state index contributed by atoms with van der Waals surface area (Å²) in [5, 5.41) is 30.6. The third kappa shape index (κ3) is 5.24. The maximum absolute atomic E-state index is 11.4. The first kappa shape index (κ1) is 21.1.